The van der Waals surface area contributed by atoms with Crippen LogP contribution in [0.2, 0.25) is 0 Å². The highest BCUT2D eigenvalue weighted by molar-refractivity contribution is 4.92. The molecule has 19 heavy (non-hydrogen) atoms. The maximum absolute atomic E-state index is 4.43. The Bertz CT molecular complexity index is 372. The van der Waals surface area contributed by atoms with Gasteiger partial charge in [0.1, 0.15) is 5.82 Å². The summed E-state index contributed by atoms with van der Waals surface area (Å²) in [4.78, 5) is 7.01. The number of nitrogens with one attached hydrogen (secondary N) is 1. The van der Waals surface area contributed by atoms with Crippen molar-refractivity contribution in [2.45, 2.75) is 52.7 Å². The fourth-order valence-electron chi connectivity index (χ4n) is 2.84. The zero-order chi connectivity index (χ0) is 13.7. The van der Waals surface area contributed by atoms with Gasteiger partial charge in [0.15, 0.2) is 0 Å². The summed E-state index contributed by atoms with van der Waals surface area (Å²) in [6, 6.07) is 0.688. The molecule has 0 saturated carbocycles. The lowest BCUT2D eigenvalue weighted by Gasteiger charge is -2.20. The summed E-state index contributed by atoms with van der Waals surface area (Å²) in [5.74, 6) is 1.97. The van der Waals surface area contributed by atoms with Crippen LogP contribution in [0, 0.1) is 5.92 Å². The first-order valence-electron chi connectivity index (χ1n) is 7.65. The van der Waals surface area contributed by atoms with Gasteiger partial charge < -0.3 is 14.8 Å². The summed E-state index contributed by atoms with van der Waals surface area (Å²) in [6.07, 6.45) is 6.48. The van der Waals surface area contributed by atoms with Gasteiger partial charge in [0.05, 0.1) is 6.54 Å². The monoisotopic (exact) mass is 264 g/mol. The molecule has 1 fully saturated rings. The Balaban J connectivity index is 1.71. The quantitative estimate of drug-likeness (QED) is 0.819. The Morgan fingerprint density at radius 3 is 3.00 bits per heavy atom. The molecular weight excluding hydrogens is 236 g/mol. The van der Waals surface area contributed by atoms with E-state index in [2.05, 4.69) is 46.7 Å². The molecule has 1 atom stereocenters. The summed E-state index contributed by atoms with van der Waals surface area (Å²) in [5, 5.41) is 3.58. The minimum Gasteiger partial charge on any atom is -0.334 e. The molecule has 1 N–H and O–H groups in total. The van der Waals surface area contributed by atoms with Crippen molar-refractivity contribution in [2.24, 2.45) is 5.92 Å². The maximum Gasteiger partial charge on any atom is 0.122 e. The van der Waals surface area contributed by atoms with Gasteiger partial charge in [-0.2, -0.15) is 0 Å². The molecule has 2 rings (SSSR count). The number of likely N-dealkylation sites (tertiary alicyclic amines) is 1. The first-order chi connectivity index (χ1) is 9.20. The number of aromatic nitrogens is 2. The van der Waals surface area contributed by atoms with Crippen molar-refractivity contribution in [2.75, 3.05) is 19.6 Å². The fourth-order valence-corrected chi connectivity index (χ4v) is 2.84. The van der Waals surface area contributed by atoms with Crippen LogP contribution in [-0.4, -0.2) is 40.1 Å². The van der Waals surface area contributed by atoms with Crippen molar-refractivity contribution in [3.63, 3.8) is 0 Å². The lowest BCUT2D eigenvalue weighted by molar-refractivity contribution is 0.263. The molecule has 4 heteroatoms. The molecule has 1 saturated heterocycles. The van der Waals surface area contributed by atoms with Crippen molar-refractivity contribution in [3.8, 4) is 0 Å². The summed E-state index contributed by atoms with van der Waals surface area (Å²) >= 11 is 0. The molecule has 0 amide bonds. The summed E-state index contributed by atoms with van der Waals surface area (Å²) in [5.41, 5.74) is 0. The Morgan fingerprint density at radius 2 is 2.32 bits per heavy atom. The van der Waals surface area contributed by atoms with Crippen LogP contribution < -0.4 is 5.32 Å². The van der Waals surface area contributed by atoms with Crippen molar-refractivity contribution >= 4 is 0 Å². The van der Waals surface area contributed by atoms with Gasteiger partial charge in [0, 0.05) is 31.5 Å². The zero-order valence-corrected chi connectivity index (χ0v) is 12.6. The van der Waals surface area contributed by atoms with E-state index in [1.54, 1.807) is 0 Å². The van der Waals surface area contributed by atoms with E-state index in [4.69, 9.17) is 0 Å². The van der Waals surface area contributed by atoms with Crippen LogP contribution in [0.5, 0.6) is 0 Å². The van der Waals surface area contributed by atoms with Gasteiger partial charge in [-0.15, -0.1) is 0 Å². The summed E-state index contributed by atoms with van der Waals surface area (Å²) in [7, 11) is 0. The molecular formula is C15H28N4. The predicted octanol–water partition coefficient (Wildman–Crippen LogP) is 2.11. The van der Waals surface area contributed by atoms with Crippen LogP contribution >= 0.6 is 0 Å². The topological polar surface area (TPSA) is 33.1 Å². The summed E-state index contributed by atoms with van der Waals surface area (Å²) in [6.45, 7) is 12.4. The minimum absolute atomic E-state index is 0.688. The van der Waals surface area contributed by atoms with Crippen LogP contribution in [0.3, 0.4) is 0 Å². The van der Waals surface area contributed by atoms with Gasteiger partial charge in [-0.05, 0) is 45.7 Å². The fraction of sp³-hybridized carbons (Fsp3) is 0.800. The van der Waals surface area contributed by atoms with Crippen molar-refractivity contribution in [1.82, 2.24) is 19.8 Å². The molecule has 1 aromatic rings. The Kier molecular flexibility index (Phi) is 5.40. The van der Waals surface area contributed by atoms with E-state index < -0.39 is 0 Å². The molecule has 1 aliphatic rings. The molecule has 4 nitrogen and oxygen atoms in total. The van der Waals surface area contributed by atoms with Crippen LogP contribution in [0.15, 0.2) is 12.4 Å². The molecule has 108 valence electrons. The second kappa shape index (κ2) is 7.06. The Hall–Kier alpha value is -0.870. The molecule has 2 heterocycles. The first-order valence-corrected chi connectivity index (χ1v) is 7.65. The highest BCUT2D eigenvalue weighted by Crippen LogP contribution is 2.17. The third-order valence-electron chi connectivity index (χ3n) is 4.03. The number of hydrogen-bond acceptors (Lipinski definition) is 3. The molecule has 0 spiro atoms. The molecule has 1 aliphatic heterocycles. The average molecular weight is 264 g/mol. The van der Waals surface area contributed by atoms with E-state index in [0.717, 1.165) is 32.0 Å². The number of aryl methyl sites for hydroxylation is 1. The largest absolute Gasteiger partial charge is 0.334 e. The normalized spacial score (nSPS) is 20.5. The lowest BCUT2D eigenvalue weighted by Crippen LogP contribution is -2.30. The SMILES string of the molecule is CCCn1ccnc1CNCC1CCN(C(C)C)C1. The van der Waals surface area contributed by atoms with E-state index in [1.807, 2.05) is 6.20 Å². The van der Waals surface area contributed by atoms with Crippen LogP contribution in [0.25, 0.3) is 0 Å². The third kappa shape index (κ3) is 4.05. The van der Waals surface area contributed by atoms with Crippen LogP contribution in [0.1, 0.15) is 39.4 Å². The van der Waals surface area contributed by atoms with E-state index >= 15 is 0 Å². The predicted molar refractivity (Wildman–Crippen MR) is 79.0 cm³/mol. The van der Waals surface area contributed by atoms with Crippen molar-refractivity contribution in [3.05, 3.63) is 18.2 Å². The van der Waals surface area contributed by atoms with Crippen LogP contribution in [0.4, 0.5) is 0 Å². The zero-order valence-electron chi connectivity index (χ0n) is 12.6. The smallest absolute Gasteiger partial charge is 0.122 e. The molecule has 1 aromatic heterocycles. The third-order valence-corrected chi connectivity index (χ3v) is 4.03. The van der Waals surface area contributed by atoms with Gasteiger partial charge in [0.25, 0.3) is 0 Å². The molecule has 0 bridgehead atoms. The lowest BCUT2D eigenvalue weighted by atomic mass is 10.1. The number of nitrogens with zero attached hydrogens (tertiary/aromatic N) is 3. The van der Waals surface area contributed by atoms with E-state index in [1.165, 1.54) is 25.3 Å². The van der Waals surface area contributed by atoms with Gasteiger partial charge >= 0.3 is 0 Å². The number of imidazole rings is 1. The minimum atomic E-state index is 0.688. The maximum atomic E-state index is 4.43. The van der Waals surface area contributed by atoms with Crippen molar-refractivity contribution in [1.29, 1.82) is 0 Å². The second-order valence-corrected chi connectivity index (χ2v) is 5.91. The molecule has 0 aliphatic carbocycles. The summed E-state index contributed by atoms with van der Waals surface area (Å²) < 4.78 is 2.25. The standard InChI is InChI=1S/C15H28N4/c1-4-7-18-9-6-17-15(18)11-16-10-14-5-8-19(12-14)13(2)3/h6,9,13-14,16H,4-5,7-8,10-12H2,1-3H3. The highest BCUT2D eigenvalue weighted by atomic mass is 15.2. The molecule has 1 unspecified atom stereocenters. The first kappa shape index (κ1) is 14.5. The molecule has 0 aromatic carbocycles. The Morgan fingerprint density at radius 1 is 1.47 bits per heavy atom. The average Bonchev–Trinajstić information content (AvgIpc) is 3.00. The van der Waals surface area contributed by atoms with Gasteiger partial charge in [-0.3, -0.25) is 0 Å². The van der Waals surface area contributed by atoms with E-state index in [0.29, 0.717) is 6.04 Å². The number of hydrogen-bond donors (Lipinski definition) is 1. The van der Waals surface area contributed by atoms with E-state index in [9.17, 15) is 0 Å². The molecule has 0 radical (unpaired) electrons. The highest BCUT2D eigenvalue weighted by Gasteiger charge is 2.23. The Labute approximate surface area is 117 Å². The van der Waals surface area contributed by atoms with Gasteiger partial charge in [-0.1, -0.05) is 6.92 Å². The van der Waals surface area contributed by atoms with Crippen LogP contribution in [-0.2, 0) is 13.1 Å². The second-order valence-electron chi connectivity index (χ2n) is 5.91. The van der Waals surface area contributed by atoms with Crippen molar-refractivity contribution < 1.29 is 0 Å². The van der Waals surface area contributed by atoms with E-state index in [-0.39, 0.29) is 0 Å². The van der Waals surface area contributed by atoms with Gasteiger partial charge in [0.2, 0.25) is 0 Å². The van der Waals surface area contributed by atoms with Gasteiger partial charge in [-0.25, -0.2) is 4.98 Å². The number of rotatable bonds is 7.